The van der Waals surface area contributed by atoms with Crippen molar-refractivity contribution >= 4 is 17.5 Å². The van der Waals surface area contributed by atoms with Gasteiger partial charge in [-0.25, -0.2) is 0 Å². The minimum atomic E-state index is -0.446. The van der Waals surface area contributed by atoms with Crippen LogP contribution >= 0.6 is 0 Å². The first-order valence-electron chi connectivity index (χ1n) is 8.01. The third-order valence-corrected chi connectivity index (χ3v) is 4.59. The lowest BCUT2D eigenvalue weighted by molar-refractivity contribution is -0.385. The van der Waals surface area contributed by atoms with Gasteiger partial charge in [-0.2, -0.15) is 0 Å². The maximum atomic E-state index is 12.9. The third kappa shape index (κ3) is 3.05. The van der Waals surface area contributed by atoms with Gasteiger partial charge in [0.1, 0.15) is 5.75 Å². The number of carbonyl (C=O) groups is 1. The normalized spacial score (nSPS) is 17.2. The zero-order valence-corrected chi connectivity index (χ0v) is 14.4. The molecule has 3 rings (SSSR count). The number of nitro groups is 1. The molecule has 0 N–H and O–H groups in total. The topological polar surface area (TPSA) is 69.4 Å². The number of Topliss-reactive ketones (excluding diaryl/α,β-unsaturated/α-hetero) is 1. The number of nitro benzene ring substituents is 1. The Morgan fingerprint density at radius 3 is 2.60 bits per heavy atom. The summed E-state index contributed by atoms with van der Waals surface area (Å²) in [6, 6.07) is 12.1. The Morgan fingerprint density at radius 2 is 1.92 bits per heavy atom. The highest BCUT2D eigenvalue weighted by molar-refractivity contribution is 6.14. The van der Waals surface area contributed by atoms with Crippen molar-refractivity contribution in [3.05, 3.63) is 74.8 Å². The van der Waals surface area contributed by atoms with Crippen molar-refractivity contribution < 1.29 is 14.5 Å². The van der Waals surface area contributed by atoms with Crippen molar-refractivity contribution in [3.8, 4) is 5.75 Å². The second kappa shape index (κ2) is 6.16. The van der Waals surface area contributed by atoms with Crippen molar-refractivity contribution in [1.82, 2.24) is 0 Å². The van der Waals surface area contributed by atoms with Gasteiger partial charge in [0.15, 0.2) is 5.78 Å². The summed E-state index contributed by atoms with van der Waals surface area (Å²) in [5, 5.41) is 11.3. The average Bonchev–Trinajstić information content (AvgIpc) is 2.59. The molecule has 5 heteroatoms. The summed E-state index contributed by atoms with van der Waals surface area (Å²) < 4.78 is 5.17. The molecule has 0 aliphatic heterocycles. The summed E-state index contributed by atoms with van der Waals surface area (Å²) in [5.74, 6) is 0.437. The maximum Gasteiger partial charge on any atom is 0.276 e. The predicted molar refractivity (Wildman–Crippen MR) is 96.0 cm³/mol. The van der Waals surface area contributed by atoms with Crippen LogP contribution in [0.1, 0.15) is 41.8 Å². The van der Waals surface area contributed by atoms with Gasteiger partial charge in [-0.3, -0.25) is 14.9 Å². The van der Waals surface area contributed by atoms with Crippen LogP contribution in [-0.4, -0.2) is 17.8 Å². The lowest BCUT2D eigenvalue weighted by Crippen LogP contribution is -2.29. The van der Waals surface area contributed by atoms with Gasteiger partial charge in [0.05, 0.1) is 17.6 Å². The number of benzene rings is 2. The van der Waals surface area contributed by atoms with Crippen molar-refractivity contribution in [1.29, 1.82) is 0 Å². The second-order valence-electron chi connectivity index (χ2n) is 6.79. The largest absolute Gasteiger partial charge is 0.497 e. The van der Waals surface area contributed by atoms with Crippen LogP contribution in [0.25, 0.3) is 6.08 Å². The van der Waals surface area contributed by atoms with E-state index in [0.29, 0.717) is 28.9 Å². The van der Waals surface area contributed by atoms with Crippen LogP contribution in [0.5, 0.6) is 5.75 Å². The van der Waals surface area contributed by atoms with Crippen LogP contribution in [0, 0.1) is 10.1 Å². The molecule has 0 atom stereocenters. The van der Waals surface area contributed by atoms with Gasteiger partial charge >= 0.3 is 0 Å². The summed E-state index contributed by atoms with van der Waals surface area (Å²) in [5.41, 5.74) is 2.36. The molecular formula is C20H19NO4. The number of rotatable bonds is 3. The maximum absolute atomic E-state index is 12.9. The molecule has 1 aliphatic rings. The van der Waals surface area contributed by atoms with E-state index in [1.807, 2.05) is 24.3 Å². The average molecular weight is 337 g/mol. The van der Waals surface area contributed by atoms with Gasteiger partial charge in [-0.15, -0.1) is 0 Å². The zero-order valence-electron chi connectivity index (χ0n) is 14.4. The Hall–Kier alpha value is -2.95. The van der Waals surface area contributed by atoms with Crippen LogP contribution in [0.15, 0.2) is 48.0 Å². The molecule has 0 spiro atoms. The number of ketones is 1. The van der Waals surface area contributed by atoms with Crippen molar-refractivity contribution in [2.45, 2.75) is 25.7 Å². The minimum Gasteiger partial charge on any atom is -0.497 e. The lowest BCUT2D eigenvalue weighted by atomic mass is 9.70. The fourth-order valence-electron chi connectivity index (χ4n) is 3.34. The minimum absolute atomic E-state index is 0.0437. The van der Waals surface area contributed by atoms with Crippen LogP contribution in [-0.2, 0) is 5.41 Å². The van der Waals surface area contributed by atoms with E-state index in [-0.39, 0.29) is 16.9 Å². The molecule has 0 fully saturated rings. The number of nitrogens with zero attached hydrogens (tertiary/aromatic N) is 1. The predicted octanol–water partition coefficient (Wildman–Crippen LogP) is 4.55. The summed E-state index contributed by atoms with van der Waals surface area (Å²) >= 11 is 0. The molecule has 0 saturated heterocycles. The highest BCUT2D eigenvalue weighted by Crippen LogP contribution is 2.40. The standard InChI is InChI=1S/C20H19NO4/c1-20(2)12-14(19(22)16-6-4-5-7-17(16)20)10-13-11-15(25-3)8-9-18(13)21(23)24/h4-11H,12H2,1-3H3/b14-10+. The molecule has 1 aliphatic carbocycles. The van der Waals surface area contributed by atoms with Gasteiger partial charge in [0, 0.05) is 17.2 Å². The third-order valence-electron chi connectivity index (χ3n) is 4.59. The monoisotopic (exact) mass is 337 g/mol. The number of hydrogen-bond acceptors (Lipinski definition) is 4. The molecule has 2 aromatic rings. The quantitative estimate of drug-likeness (QED) is 0.468. The molecule has 0 unspecified atom stereocenters. The summed E-state index contributed by atoms with van der Waals surface area (Å²) in [6.07, 6.45) is 2.15. The SMILES string of the molecule is COc1ccc([N+](=O)[O-])c(/C=C2\CC(C)(C)c3ccccc3C2=O)c1. The molecule has 0 radical (unpaired) electrons. The first-order valence-corrected chi connectivity index (χ1v) is 8.01. The fourth-order valence-corrected chi connectivity index (χ4v) is 3.34. The summed E-state index contributed by atoms with van der Waals surface area (Å²) in [6.45, 7) is 4.15. The first kappa shape index (κ1) is 16.9. The van der Waals surface area contributed by atoms with Crippen LogP contribution < -0.4 is 4.74 Å². The molecule has 0 saturated carbocycles. The molecule has 2 aromatic carbocycles. The van der Waals surface area contributed by atoms with Crippen LogP contribution in [0.2, 0.25) is 0 Å². The summed E-state index contributed by atoms with van der Waals surface area (Å²) in [4.78, 5) is 23.7. The van der Waals surface area contributed by atoms with Crippen molar-refractivity contribution in [3.63, 3.8) is 0 Å². The molecular weight excluding hydrogens is 318 g/mol. The van der Waals surface area contributed by atoms with Crippen LogP contribution in [0.3, 0.4) is 0 Å². The van der Waals surface area contributed by atoms with Gasteiger partial charge in [-0.1, -0.05) is 38.1 Å². The van der Waals surface area contributed by atoms with Crippen molar-refractivity contribution in [2.75, 3.05) is 7.11 Å². The van der Waals surface area contributed by atoms with Gasteiger partial charge < -0.3 is 4.74 Å². The van der Waals surface area contributed by atoms with E-state index in [2.05, 4.69) is 13.8 Å². The molecule has 5 nitrogen and oxygen atoms in total. The molecule has 0 aromatic heterocycles. The lowest BCUT2D eigenvalue weighted by Gasteiger charge is -2.33. The van der Waals surface area contributed by atoms with E-state index >= 15 is 0 Å². The van der Waals surface area contributed by atoms with E-state index in [1.165, 1.54) is 13.2 Å². The molecule has 0 amide bonds. The van der Waals surface area contributed by atoms with Gasteiger partial charge in [0.2, 0.25) is 0 Å². The molecule has 0 bridgehead atoms. The van der Waals surface area contributed by atoms with E-state index in [0.717, 1.165) is 5.56 Å². The van der Waals surface area contributed by atoms with Crippen LogP contribution in [0.4, 0.5) is 5.69 Å². The number of methoxy groups -OCH3 is 1. The highest BCUT2D eigenvalue weighted by atomic mass is 16.6. The van der Waals surface area contributed by atoms with E-state index in [4.69, 9.17) is 4.74 Å². The summed E-state index contributed by atoms with van der Waals surface area (Å²) in [7, 11) is 1.50. The molecule has 128 valence electrons. The Morgan fingerprint density at radius 1 is 1.20 bits per heavy atom. The van der Waals surface area contributed by atoms with Gasteiger partial charge in [-0.05, 0) is 35.6 Å². The number of fused-ring (bicyclic) bond motifs is 1. The Kier molecular flexibility index (Phi) is 4.17. The Bertz CT molecular complexity index is 896. The van der Waals surface area contributed by atoms with Gasteiger partial charge in [0.25, 0.3) is 5.69 Å². The van der Waals surface area contributed by atoms with E-state index in [1.54, 1.807) is 18.2 Å². The molecule has 25 heavy (non-hydrogen) atoms. The van der Waals surface area contributed by atoms with Crippen molar-refractivity contribution in [2.24, 2.45) is 0 Å². The van der Waals surface area contributed by atoms with E-state index in [9.17, 15) is 14.9 Å². The fraction of sp³-hybridized carbons (Fsp3) is 0.250. The zero-order chi connectivity index (χ0) is 18.2. The number of carbonyl (C=O) groups excluding carboxylic acids is 1. The molecule has 0 heterocycles. The number of ether oxygens (including phenoxy) is 1. The Balaban J connectivity index is 2.14. The first-order chi connectivity index (χ1) is 11.8. The number of hydrogen-bond donors (Lipinski definition) is 0. The second-order valence-corrected chi connectivity index (χ2v) is 6.79. The number of allylic oxidation sites excluding steroid dienone is 1. The Labute approximate surface area is 146 Å². The highest BCUT2D eigenvalue weighted by Gasteiger charge is 2.34. The van der Waals surface area contributed by atoms with E-state index < -0.39 is 4.92 Å². The smallest absolute Gasteiger partial charge is 0.276 e.